The topological polar surface area (TPSA) is 51.0 Å². The molecular weight excluding hydrogens is 248 g/mol. The van der Waals surface area contributed by atoms with Gasteiger partial charge in [-0.1, -0.05) is 5.57 Å². The molecular formula is C14H19ClN2O. The highest BCUT2D eigenvalue weighted by atomic mass is 35.5. The molecule has 2 aromatic rings. The Hall–Kier alpha value is -1.45. The lowest BCUT2D eigenvalue weighted by Crippen LogP contribution is -2.09. The lowest BCUT2D eigenvalue weighted by molar-refractivity contribution is 0.415. The van der Waals surface area contributed by atoms with Crippen molar-refractivity contribution in [2.75, 3.05) is 7.11 Å². The summed E-state index contributed by atoms with van der Waals surface area (Å²) in [6, 6.07) is 5.94. The molecule has 0 aliphatic rings. The van der Waals surface area contributed by atoms with E-state index in [1.165, 1.54) is 0 Å². The molecule has 0 spiro atoms. The van der Waals surface area contributed by atoms with Gasteiger partial charge in [-0.3, -0.25) is 0 Å². The van der Waals surface area contributed by atoms with Crippen molar-refractivity contribution >= 4 is 23.3 Å². The lowest BCUT2D eigenvalue weighted by atomic mass is 10.0. The standard InChI is InChI=1S/C14H18N2O.ClH/c1-9(2)6-13(15)12-8-16-14-5-4-10(17-3)7-11(12)14;/h4-5,7-8,13,16H,1,6,15H2,2-3H3;1H/t13-;/m1./s1. The van der Waals surface area contributed by atoms with E-state index < -0.39 is 0 Å². The van der Waals surface area contributed by atoms with Crippen LogP contribution in [0.5, 0.6) is 5.75 Å². The summed E-state index contributed by atoms with van der Waals surface area (Å²) in [5.74, 6) is 0.848. The van der Waals surface area contributed by atoms with Gasteiger partial charge in [-0.15, -0.1) is 19.0 Å². The van der Waals surface area contributed by atoms with Crippen molar-refractivity contribution in [1.29, 1.82) is 0 Å². The lowest BCUT2D eigenvalue weighted by Gasteiger charge is -2.10. The number of aromatic amines is 1. The minimum absolute atomic E-state index is 0. The fourth-order valence-corrected chi connectivity index (χ4v) is 2.04. The van der Waals surface area contributed by atoms with Crippen LogP contribution in [0.2, 0.25) is 0 Å². The third-order valence-corrected chi connectivity index (χ3v) is 2.89. The van der Waals surface area contributed by atoms with Crippen molar-refractivity contribution in [2.45, 2.75) is 19.4 Å². The Morgan fingerprint density at radius 3 is 2.83 bits per heavy atom. The zero-order chi connectivity index (χ0) is 12.4. The third kappa shape index (κ3) is 2.86. The molecule has 1 heterocycles. The van der Waals surface area contributed by atoms with Gasteiger partial charge in [0.2, 0.25) is 0 Å². The van der Waals surface area contributed by atoms with Crippen LogP contribution >= 0.6 is 12.4 Å². The van der Waals surface area contributed by atoms with Crippen LogP contribution in [0.1, 0.15) is 24.9 Å². The number of aromatic nitrogens is 1. The molecule has 3 N–H and O–H groups in total. The van der Waals surface area contributed by atoms with E-state index in [2.05, 4.69) is 11.6 Å². The maximum Gasteiger partial charge on any atom is 0.119 e. The molecule has 0 fully saturated rings. The molecule has 0 aliphatic heterocycles. The molecule has 0 aliphatic carbocycles. The van der Waals surface area contributed by atoms with Crippen LogP contribution in [0.15, 0.2) is 36.5 Å². The summed E-state index contributed by atoms with van der Waals surface area (Å²) in [6.07, 6.45) is 2.77. The molecule has 1 atom stereocenters. The quantitative estimate of drug-likeness (QED) is 0.832. The van der Waals surface area contributed by atoms with Gasteiger partial charge in [0.15, 0.2) is 0 Å². The first kappa shape index (κ1) is 14.6. The molecule has 0 radical (unpaired) electrons. The van der Waals surface area contributed by atoms with E-state index in [1.807, 2.05) is 31.3 Å². The van der Waals surface area contributed by atoms with E-state index in [0.717, 1.165) is 34.2 Å². The molecule has 2 rings (SSSR count). The summed E-state index contributed by atoms with van der Waals surface area (Å²) in [5, 5.41) is 1.12. The van der Waals surface area contributed by atoms with Crippen LogP contribution in [-0.4, -0.2) is 12.1 Å². The van der Waals surface area contributed by atoms with E-state index in [-0.39, 0.29) is 18.4 Å². The minimum atomic E-state index is -0.0200. The Morgan fingerprint density at radius 2 is 2.22 bits per heavy atom. The van der Waals surface area contributed by atoms with Gasteiger partial charge >= 0.3 is 0 Å². The second-order valence-corrected chi connectivity index (χ2v) is 4.42. The molecule has 18 heavy (non-hydrogen) atoms. The number of hydrogen-bond acceptors (Lipinski definition) is 2. The Bertz CT molecular complexity index is 548. The smallest absolute Gasteiger partial charge is 0.119 e. The van der Waals surface area contributed by atoms with E-state index in [1.54, 1.807) is 7.11 Å². The van der Waals surface area contributed by atoms with Crippen molar-refractivity contribution < 1.29 is 4.74 Å². The first-order chi connectivity index (χ1) is 8.11. The zero-order valence-corrected chi connectivity index (χ0v) is 11.5. The van der Waals surface area contributed by atoms with Gasteiger partial charge in [0.05, 0.1) is 7.11 Å². The van der Waals surface area contributed by atoms with Crippen molar-refractivity contribution in [3.8, 4) is 5.75 Å². The van der Waals surface area contributed by atoms with Crippen molar-refractivity contribution in [1.82, 2.24) is 4.98 Å². The Labute approximate surface area is 113 Å². The average Bonchev–Trinajstić information content (AvgIpc) is 2.70. The number of H-pyrrole nitrogens is 1. The normalized spacial score (nSPS) is 11.9. The SMILES string of the molecule is C=C(C)C[C@@H](N)c1c[nH]c2ccc(OC)cc12.Cl. The molecule has 0 bridgehead atoms. The molecule has 98 valence electrons. The molecule has 0 amide bonds. The Balaban J connectivity index is 0.00000162. The van der Waals surface area contributed by atoms with Crippen LogP contribution in [0, 0.1) is 0 Å². The highest BCUT2D eigenvalue weighted by Crippen LogP contribution is 2.29. The summed E-state index contributed by atoms with van der Waals surface area (Å²) < 4.78 is 5.24. The van der Waals surface area contributed by atoms with Gasteiger partial charge < -0.3 is 15.5 Å². The fourth-order valence-electron chi connectivity index (χ4n) is 2.04. The second kappa shape index (κ2) is 5.94. The van der Waals surface area contributed by atoms with Crippen molar-refractivity contribution in [3.63, 3.8) is 0 Å². The first-order valence-corrected chi connectivity index (χ1v) is 5.67. The Morgan fingerprint density at radius 1 is 1.50 bits per heavy atom. The Kier molecular flexibility index (Phi) is 4.82. The van der Waals surface area contributed by atoms with Gasteiger partial charge in [0, 0.05) is 23.1 Å². The number of nitrogens with two attached hydrogens (primary N) is 1. The number of methoxy groups -OCH3 is 1. The van der Waals surface area contributed by atoms with Crippen LogP contribution in [0.4, 0.5) is 0 Å². The van der Waals surface area contributed by atoms with Crippen LogP contribution < -0.4 is 10.5 Å². The number of hydrogen-bond donors (Lipinski definition) is 2. The molecule has 0 saturated carbocycles. The van der Waals surface area contributed by atoms with Crippen LogP contribution in [0.3, 0.4) is 0 Å². The van der Waals surface area contributed by atoms with Crippen LogP contribution in [0.25, 0.3) is 10.9 Å². The van der Waals surface area contributed by atoms with E-state index in [9.17, 15) is 0 Å². The summed E-state index contributed by atoms with van der Waals surface area (Å²) in [7, 11) is 1.67. The molecule has 4 heteroatoms. The monoisotopic (exact) mass is 266 g/mol. The van der Waals surface area contributed by atoms with Gasteiger partial charge in [-0.05, 0) is 37.1 Å². The zero-order valence-electron chi connectivity index (χ0n) is 10.7. The number of halogens is 1. The van der Waals surface area contributed by atoms with Crippen LogP contribution in [-0.2, 0) is 0 Å². The van der Waals surface area contributed by atoms with Gasteiger partial charge in [0.1, 0.15) is 5.75 Å². The summed E-state index contributed by atoms with van der Waals surface area (Å²) >= 11 is 0. The number of fused-ring (bicyclic) bond motifs is 1. The predicted molar refractivity (Wildman–Crippen MR) is 78.5 cm³/mol. The number of nitrogens with one attached hydrogen (secondary N) is 1. The average molecular weight is 267 g/mol. The summed E-state index contributed by atoms with van der Waals surface area (Å²) in [5.41, 5.74) is 9.46. The molecule has 1 aromatic heterocycles. The highest BCUT2D eigenvalue weighted by molar-refractivity contribution is 5.85. The van der Waals surface area contributed by atoms with Crippen molar-refractivity contribution in [3.05, 3.63) is 42.1 Å². The van der Waals surface area contributed by atoms with Gasteiger partial charge in [-0.25, -0.2) is 0 Å². The largest absolute Gasteiger partial charge is 0.497 e. The van der Waals surface area contributed by atoms with Crippen molar-refractivity contribution in [2.24, 2.45) is 5.73 Å². The summed E-state index contributed by atoms with van der Waals surface area (Å²) in [4.78, 5) is 3.23. The van der Waals surface area contributed by atoms with E-state index >= 15 is 0 Å². The maximum atomic E-state index is 6.18. The molecule has 0 unspecified atom stereocenters. The summed E-state index contributed by atoms with van der Waals surface area (Å²) in [6.45, 7) is 5.90. The van der Waals surface area contributed by atoms with Gasteiger partial charge in [0.25, 0.3) is 0 Å². The molecule has 1 aromatic carbocycles. The fraction of sp³-hybridized carbons (Fsp3) is 0.286. The third-order valence-electron chi connectivity index (χ3n) is 2.89. The number of rotatable bonds is 4. The first-order valence-electron chi connectivity index (χ1n) is 5.67. The number of ether oxygens (including phenoxy) is 1. The molecule has 3 nitrogen and oxygen atoms in total. The molecule has 0 saturated heterocycles. The minimum Gasteiger partial charge on any atom is -0.497 e. The highest BCUT2D eigenvalue weighted by Gasteiger charge is 2.12. The number of benzene rings is 1. The predicted octanol–water partition coefficient (Wildman–Crippen LogP) is 3.56. The maximum absolute atomic E-state index is 6.18. The second-order valence-electron chi connectivity index (χ2n) is 4.42. The van der Waals surface area contributed by atoms with E-state index in [4.69, 9.17) is 10.5 Å². The van der Waals surface area contributed by atoms with E-state index in [0.29, 0.717) is 0 Å². The van der Waals surface area contributed by atoms with Gasteiger partial charge in [-0.2, -0.15) is 0 Å².